The standard InChI is InChI=1S/C25H33N3O5/c1-7-25(6,28-23(30)33-24(3,4)5)22(29)27-17-11-12-21(26-14-17)32-20-10-8-9-19-18(20)13-16(2)15-31-19/h8-12,14,16H,7,13,15H2,1-6H3,(H,27,29)(H,28,30). The van der Waals surface area contributed by atoms with Gasteiger partial charge in [-0.1, -0.05) is 19.9 Å². The SMILES string of the molecule is CCC(C)(NC(=O)OC(C)(C)C)C(=O)Nc1ccc(Oc2cccc3c2CC(C)CO3)nc1. The predicted molar refractivity (Wildman–Crippen MR) is 126 cm³/mol. The zero-order chi connectivity index (χ0) is 24.2. The van der Waals surface area contributed by atoms with Gasteiger partial charge in [0.05, 0.1) is 18.5 Å². The molecule has 1 aliphatic rings. The Kier molecular flexibility index (Phi) is 7.15. The molecular weight excluding hydrogens is 422 g/mol. The third-order valence-corrected chi connectivity index (χ3v) is 5.36. The number of alkyl carbamates (subject to hydrolysis) is 1. The molecule has 2 atom stereocenters. The second kappa shape index (κ2) is 9.68. The Morgan fingerprint density at radius 3 is 2.58 bits per heavy atom. The van der Waals surface area contributed by atoms with Crippen molar-refractivity contribution < 1.29 is 23.8 Å². The first-order chi connectivity index (χ1) is 15.5. The number of carbonyl (C=O) groups is 2. The average Bonchev–Trinajstić information content (AvgIpc) is 2.74. The van der Waals surface area contributed by atoms with E-state index in [9.17, 15) is 9.59 Å². The molecule has 2 N–H and O–H groups in total. The highest BCUT2D eigenvalue weighted by Gasteiger charge is 2.35. The van der Waals surface area contributed by atoms with Crippen LogP contribution < -0.4 is 20.1 Å². The molecule has 8 nitrogen and oxygen atoms in total. The molecule has 0 bridgehead atoms. The van der Waals surface area contributed by atoms with Crippen LogP contribution in [0.4, 0.5) is 10.5 Å². The molecule has 1 aliphatic heterocycles. The first-order valence-corrected chi connectivity index (χ1v) is 11.2. The number of anilines is 1. The summed E-state index contributed by atoms with van der Waals surface area (Å²) in [7, 11) is 0. The van der Waals surface area contributed by atoms with E-state index in [0.717, 1.165) is 17.7 Å². The number of rotatable bonds is 6. The first-order valence-electron chi connectivity index (χ1n) is 11.2. The molecule has 0 fully saturated rings. The molecule has 2 amide bonds. The summed E-state index contributed by atoms with van der Waals surface area (Å²) in [4.78, 5) is 29.4. The van der Waals surface area contributed by atoms with Crippen LogP contribution in [0.5, 0.6) is 17.4 Å². The molecule has 0 radical (unpaired) electrons. The largest absolute Gasteiger partial charge is 0.493 e. The average molecular weight is 456 g/mol. The van der Waals surface area contributed by atoms with Gasteiger partial charge in [0.15, 0.2) is 0 Å². The number of amides is 2. The van der Waals surface area contributed by atoms with Crippen LogP contribution in [0.3, 0.4) is 0 Å². The quantitative estimate of drug-likeness (QED) is 0.630. The summed E-state index contributed by atoms with van der Waals surface area (Å²) < 4.78 is 17.1. The number of pyridine rings is 1. The summed E-state index contributed by atoms with van der Waals surface area (Å²) in [6.45, 7) is 11.6. The highest BCUT2D eigenvalue weighted by atomic mass is 16.6. The Hall–Kier alpha value is -3.29. The van der Waals surface area contributed by atoms with Gasteiger partial charge in [-0.25, -0.2) is 9.78 Å². The van der Waals surface area contributed by atoms with Gasteiger partial charge in [-0.05, 0) is 64.7 Å². The maximum atomic E-state index is 12.9. The van der Waals surface area contributed by atoms with E-state index < -0.39 is 17.2 Å². The van der Waals surface area contributed by atoms with Crippen LogP contribution in [0.1, 0.15) is 53.5 Å². The summed E-state index contributed by atoms with van der Waals surface area (Å²) in [5.41, 5.74) is -0.276. The maximum Gasteiger partial charge on any atom is 0.408 e. The molecule has 0 spiro atoms. The van der Waals surface area contributed by atoms with Crippen molar-refractivity contribution in [2.24, 2.45) is 5.92 Å². The van der Waals surface area contributed by atoms with Crippen molar-refractivity contribution in [3.8, 4) is 17.4 Å². The topological polar surface area (TPSA) is 98.8 Å². The summed E-state index contributed by atoms with van der Waals surface area (Å²) in [5, 5.41) is 5.47. The van der Waals surface area contributed by atoms with Crippen LogP contribution >= 0.6 is 0 Å². The highest BCUT2D eigenvalue weighted by molar-refractivity contribution is 5.99. The summed E-state index contributed by atoms with van der Waals surface area (Å²) in [6.07, 6.45) is 2.13. The van der Waals surface area contributed by atoms with Crippen LogP contribution in [-0.2, 0) is 16.0 Å². The van der Waals surface area contributed by atoms with Gasteiger partial charge in [-0.15, -0.1) is 0 Å². The Morgan fingerprint density at radius 1 is 1.18 bits per heavy atom. The van der Waals surface area contributed by atoms with Gasteiger partial charge in [-0.2, -0.15) is 0 Å². The minimum Gasteiger partial charge on any atom is -0.493 e. The fourth-order valence-electron chi connectivity index (χ4n) is 3.35. The number of aromatic nitrogens is 1. The minimum atomic E-state index is -1.14. The van der Waals surface area contributed by atoms with Gasteiger partial charge < -0.3 is 24.8 Å². The molecule has 2 aromatic rings. The molecule has 2 heterocycles. The third kappa shape index (κ3) is 6.37. The zero-order valence-electron chi connectivity index (χ0n) is 20.2. The van der Waals surface area contributed by atoms with E-state index in [2.05, 4.69) is 22.5 Å². The van der Waals surface area contributed by atoms with Crippen LogP contribution in [0.15, 0.2) is 36.5 Å². The number of carbonyl (C=O) groups excluding carboxylic acids is 2. The lowest BCUT2D eigenvalue weighted by Crippen LogP contribution is -2.55. The molecule has 0 saturated heterocycles. The van der Waals surface area contributed by atoms with Crippen molar-refractivity contribution in [3.05, 3.63) is 42.1 Å². The molecule has 0 saturated carbocycles. The van der Waals surface area contributed by atoms with E-state index in [4.69, 9.17) is 14.2 Å². The van der Waals surface area contributed by atoms with Crippen molar-refractivity contribution >= 4 is 17.7 Å². The second-order valence-electron chi connectivity index (χ2n) is 9.61. The van der Waals surface area contributed by atoms with Crippen LogP contribution in [0.25, 0.3) is 0 Å². The smallest absolute Gasteiger partial charge is 0.408 e. The molecule has 1 aromatic heterocycles. The van der Waals surface area contributed by atoms with Crippen LogP contribution in [0.2, 0.25) is 0 Å². The van der Waals surface area contributed by atoms with Crippen LogP contribution in [-0.4, -0.2) is 34.7 Å². The molecule has 3 rings (SSSR count). The molecule has 0 aliphatic carbocycles. The third-order valence-electron chi connectivity index (χ3n) is 5.36. The number of ether oxygens (including phenoxy) is 3. The Balaban J connectivity index is 1.66. The number of hydrogen-bond acceptors (Lipinski definition) is 6. The second-order valence-corrected chi connectivity index (χ2v) is 9.61. The molecule has 178 valence electrons. The Labute approximate surface area is 195 Å². The number of fused-ring (bicyclic) bond motifs is 1. The van der Waals surface area contributed by atoms with E-state index in [1.165, 1.54) is 6.20 Å². The van der Waals surface area contributed by atoms with Gasteiger partial charge in [0, 0.05) is 11.6 Å². The van der Waals surface area contributed by atoms with Gasteiger partial charge in [0.25, 0.3) is 0 Å². The normalized spacial score (nSPS) is 17.1. The van der Waals surface area contributed by atoms with Crippen molar-refractivity contribution in [1.82, 2.24) is 10.3 Å². The Bertz CT molecular complexity index is 1000. The summed E-state index contributed by atoms with van der Waals surface area (Å²) >= 11 is 0. The molecule has 1 aromatic carbocycles. The maximum absolute atomic E-state index is 12.9. The van der Waals surface area contributed by atoms with Crippen molar-refractivity contribution in [1.29, 1.82) is 0 Å². The first kappa shape index (κ1) is 24.4. The number of nitrogens with zero attached hydrogens (tertiary/aromatic N) is 1. The van der Waals surface area contributed by atoms with E-state index >= 15 is 0 Å². The molecule has 33 heavy (non-hydrogen) atoms. The van der Waals surface area contributed by atoms with E-state index in [-0.39, 0.29) is 5.91 Å². The van der Waals surface area contributed by atoms with Gasteiger partial charge in [-0.3, -0.25) is 4.79 Å². The van der Waals surface area contributed by atoms with Crippen LogP contribution in [0, 0.1) is 5.92 Å². The fraction of sp³-hybridized carbons (Fsp3) is 0.480. The molecule has 2 unspecified atom stereocenters. The van der Waals surface area contributed by atoms with Crippen molar-refractivity contribution in [2.75, 3.05) is 11.9 Å². The summed E-state index contributed by atoms with van der Waals surface area (Å²) in [5.74, 6) is 2.00. The lowest BCUT2D eigenvalue weighted by atomic mass is 9.97. The van der Waals surface area contributed by atoms with Gasteiger partial charge in [0.1, 0.15) is 22.6 Å². The lowest BCUT2D eigenvalue weighted by molar-refractivity contribution is -0.122. The molecule has 8 heteroatoms. The van der Waals surface area contributed by atoms with Gasteiger partial charge >= 0.3 is 6.09 Å². The highest BCUT2D eigenvalue weighted by Crippen LogP contribution is 2.36. The van der Waals surface area contributed by atoms with Gasteiger partial charge in [0.2, 0.25) is 11.8 Å². The lowest BCUT2D eigenvalue weighted by Gasteiger charge is -2.30. The van der Waals surface area contributed by atoms with E-state index in [1.807, 2.05) is 25.1 Å². The van der Waals surface area contributed by atoms with Crippen molar-refractivity contribution in [2.45, 2.75) is 65.5 Å². The monoisotopic (exact) mass is 455 g/mol. The summed E-state index contributed by atoms with van der Waals surface area (Å²) in [6, 6.07) is 9.12. The van der Waals surface area contributed by atoms with E-state index in [0.29, 0.717) is 36.3 Å². The zero-order valence-corrected chi connectivity index (χ0v) is 20.2. The van der Waals surface area contributed by atoms with E-state index in [1.54, 1.807) is 39.8 Å². The molecular formula is C25H33N3O5. The number of nitrogens with one attached hydrogen (secondary N) is 2. The fourth-order valence-corrected chi connectivity index (χ4v) is 3.35. The number of benzene rings is 1. The Morgan fingerprint density at radius 2 is 1.94 bits per heavy atom. The van der Waals surface area contributed by atoms with Crippen molar-refractivity contribution in [3.63, 3.8) is 0 Å². The minimum absolute atomic E-state index is 0.366. The predicted octanol–water partition coefficient (Wildman–Crippen LogP) is 5.08. The number of hydrogen-bond donors (Lipinski definition) is 2.